The molecule has 1 atom stereocenters. The lowest BCUT2D eigenvalue weighted by Gasteiger charge is -2.23. The molecule has 3 rings (SSSR count). The van der Waals surface area contributed by atoms with Crippen LogP contribution in [0, 0.1) is 6.92 Å². The highest BCUT2D eigenvalue weighted by Crippen LogP contribution is 2.37. The second-order valence-corrected chi connectivity index (χ2v) is 8.02. The van der Waals surface area contributed by atoms with Crippen molar-refractivity contribution in [2.75, 3.05) is 26.2 Å². The van der Waals surface area contributed by atoms with Crippen LogP contribution >= 0.6 is 11.6 Å². The third kappa shape index (κ3) is 5.88. The number of hydrogen-bond acceptors (Lipinski definition) is 4. The Kier molecular flexibility index (Phi) is 8.22. The first-order valence-electron chi connectivity index (χ1n) is 10.7. The van der Waals surface area contributed by atoms with E-state index >= 15 is 0 Å². The second-order valence-electron chi connectivity index (χ2n) is 7.61. The van der Waals surface area contributed by atoms with E-state index in [9.17, 15) is 0 Å². The average molecular weight is 417 g/mol. The van der Waals surface area contributed by atoms with Gasteiger partial charge in [0.2, 0.25) is 0 Å². The van der Waals surface area contributed by atoms with Crippen molar-refractivity contribution in [1.82, 2.24) is 10.2 Å². The molecule has 0 unspecified atom stereocenters. The van der Waals surface area contributed by atoms with Crippen LogP contribution in [0.15, 0.2) is 36.4 Å². The van der Waals surface area contributed by atoms with E-state index in [-0.39, 0.29) is 0 Å². The Hall–Kier alpha value is -1.75. The van der Waals surface area contributed by atoms with Crippen molar-refractivity contribution in [2.24, 2.45) is 0 Å². The molecule has 1 N–H and O–H groups in total. The molecule has 0 bridgehead atoms. The maximum Gasteiger partial charge on any atom is 0.180 e. The molecule has 158 valence electrons. The van der Waals surface area contributed by atoms with E-state index < -0.39 is 0 Å². The van der Waals surface area contributed by atoms with Gasteiger partial charge in [-0.15, -0.1) is 0 Å². The van der Waals surface area contributed by atoms with Crippen molar-refractivity contribution in [3.8, 4) is 11.5 Å². The number of likely N-dealkylation sites (N-methyl/N-ethyl adjacent to an activating group) is 1. The summed E-state index contributed by atoms with van der Waals surface area (Å²) in [6.45, 7) is 11.5. The largest absolute Gasteiger partial charge is 0.490 e. The van der Waals surface area contributed by atoms with Gasteiger partial charge in [0.15, 0.2) is 11.5 Å². The molecule has 1 aliphatic heterocycles. The summed E-state index contributed by atoms with van der Waals surface area (Å²) in [6.07, 6.45) is 2.57. The fourth-order valence-corrected chi connectivity index (χ4v) is 4.26. The zero-order chi connectivity index (χ0) is 20.6. The van der Waals surface area contributed by atoms with Crippen molar-refractivity contribution in [1.29, 1.82) is 0 Å². The molecule has 29 heavy (non-hydrogen) atoms. The van der Waals surface area contributed by atoms with Crippen LogP contribution in [0.5, 0.6) is 11.5 Å². The molecule has 0 aliphatic carbocycles. The van der Waals surface area contributed by atoms with Crippen LogP contribution < -0.4 is 14.8 Å². The molecule has 1 aliphatic rings. The van der Waals surface area contributed by atoms with Crippen LogP contribution in [0.2, 0.25) is 5.02 Å². The molecule has 1 fully saturated rings. The highest BCUT2D eigenvalue weighted by atomic mass is 35.5. The van der Waals surface area contributed by atoms with E-state index in [1.165, 1.54) is 24.9 Å². The average Bonchev–Trinajstić information content (AvgIpc) is 3.16. The maximum atomic E-state index is 6.59. The third-order valence-corrected chi connectivity index (χ3v) is 5.90. The maximum absolute atomic E-state index is 6.59. The smallest absolute Gasteiger partial charge is 0.180 e. The van der Waals surface area contributed by atoms with Crippen LogP contribution in [0.3, 0.4) is 0 Å². The van der Waals surface area contributed by atoms with E-state index in [4.69, 9.17) is 21.1 Å². The standard InChI is InChI=1S/C24H33ClN2O2/c1-4-27-12-8-11-21(27)16-26-15-19-13-22(25)24(23(14-19)28-5-2)29-17-20-10-7-6-9-18(20)3/h6-7,9-10,13-14,21,26H,4-5,8,11-12,15-17H2,1-3H3/t21-/m0/s1. The molecule has 2 aromatic carbocycles. The lowest BCUT2D eigenvalue weighted by molar-refractivity contribution is 0.259. The Morgan fingerprint density at radius 3 is 2.76 bits per heavy atom. The SMILES string of the molecule is CCOc1cc(CNC[C@@H]2CCCN2CC)cc(Cl)c1OCc1ccccc1C. The van der Waals surface area contributed by atoms with Gasteiger partial charge in [-0.1, -0.05) is 42.8 Å². The van der Waals surface area contributed by atoms with Gasteiger partial charge < -0.3 is 14.8 Å². The molecule has 0 aromatic heterocycles. The van der Waals surface area contributed by atoms with Crippen LogP contribution in [0.1, 0.15) is 43.4 Å². The minimum absolute atomic E-state index is 0.471. The molecular formula is C24H33ClN2O2. The number of ether oxygens (including phenoxy) is 2. The van der Waals surface area contributed by atoms with Crippen LogP contribution in [0.4, 0.5) is 0 Å². The van der Waals surface area contributed by atoms with Crippen molar-refractivity contribution >= 4 is 11.6 Å². The summed E-state index contributed by atoms with van der Waals surface area (Å²) in [5, 5.41) is 4.19. The van der Waals surface area contributed by atoms with Crippen molar-refractivity contribution in [3.63, 3.8) is 0 Å². The molecule has 5 heteroatoms. The van der Waals surface area contributed by atoms with Crippen molar-refractivity contribution < 1.29 is 9.47 Å². The quantitative estimate of drug-likeness (QED) is 0.577. The zero-order valence-corrected chi connectivity index (χ0v) is 18.6. The summed E-state index contributed by atoms with van der Waals surface area (Å²) in [5.41, 5.74) is 3.46. The van der Waals surface area contributed by atoms with Crippen LogP contribution in [-0.2, 0) is 13.2 Å². The lowest BCUT2D eigenvalue weighted by Crippen LogP contribution is -2.37. The predicted molar refractivity (Wildman–Crippen MR) is 120 cm³/mol. The highest BCUT2D eigenvalue weighted by molar-refractivity contribution is 6.32. The first-order chi connectivity index (χ1) is 14.1. The van der Waals surface area contributed by atoms with Gasteiger partial charge in [-0.05, 0) is 68.6 Å². The molecule has 0 spiro atoms. The predicted octanol–water partition coefficient (Wildman–Crippen LogP) is 5.20. The fraction of sp³-hybridized carbons (Fsp3) is 0.500. The van der Waals surface area contributed by atoms with Gasteiger partial charge in [0, 0.05) is 19.1 Å². The summed E-state index contributed by atoms with van der Waals surface area (Å²) in [4.78, 5) is 2.55. The van der Waals surface area contributed by atoms with E-state index in [2.05, 4.69) is 36.2 Å². The van der Waals surface area contributed by atoms with Crippen molar-refractivity contribution in [2.45, 2.75) is 52.8 Å². The Balaban J connectivity index is 1.65. The summed E-state index contributed by atoms with van der Waals surface area (Å²) < 4.78 is 11.9. The van der Waals surface area contributed by atoms with Crippen molar-refractivity contribution in [3.05, 3.63) is 58.1 Å². The summed E-state index contributed by atoms with van der Waals surface area (Å²) in [7, 11) is 0. The van der Waals surface area contributed by atoms with E-state index in [1.807, 2.05) is 31.2 Å². The van der Waals surface area contributed by atoms with Gasteiger partial charge in [-0.2, -0.15) is 0 Å². The molecule has 0 saturated carbocycles. The molecule has 4 nitrogen and oxygen atoms in total. The summed E-state index contributed by atoms with van der Waals surface area (Å²) in [6, 6.07) is 12.9. The topological polar surface area (TPSA) is 33.7 Å². The van der Waals surface area contributed by atoms with E-state index in [0.717, 1.165) is 30.8 Å². The highest BCUT2D eigenvalue weighted by Gasteiger charge is 2.22. The molecular weight excluding hydrogens is 384 g/mol. The van der Waals surface area contributed by atoms with E-state index in [0.29, 0.717) is 35.8 Å². The normalized spacial score (nSPS) is 16.9. The number of hydrogen-bond donors (Lipinski definition) is 1. The van der Waals surface area contributed by atoms with Crippen LogP contribution in [-0.4, -0.2) is 37.2 Å². The minimum atomic E-state index is 0.471. The number of benzene rings is 2. The van der Waals surface area contributed by atoms with Gasteiger partial charge >= 0.3 is 0 Å². The van der Waals surface area contributed by atoms with Gasteiger partial charge in [0.05, 0.1) is 11.6 Å². The molecule has 0 amide bonds. The van der Waals surface area contributed by atoms with Gasteiger partial charge in [0.1, 0.15) is 6.61 Å². The first kappa shape index (κ1) is 21.9. The summed E-state index contributed by atoms with van der Waals surface area (Å²) in [5.74, 6) is 1.33. The summed E-state index contributed by atoms with van der Waals surface area (Å²) >= 11 is 6.59. The second kappa shape index (κ2) is 10.9. The fourth-order valence-electron chi connectivity index (χ4n) is 3.97. The third-order valence-electron chi connectivity index (χ3n) is 5.62. The number of rotatable bonds is 10. The molecule has 1 saturated heterocycles. The zero-order valence-electron chi connectivity index (χ0n) is 17.8. The monoisotopic (exact) mass is 416 g/mol. The Morgan fingerprint density at radius 2 is 2.00 bits per heavy atom. The Labute approximate surface area is 180 Å². The number of halogens is 1. The first-order valence-corrected chi connectivity index (χ1v) is 11.1. The molecule has 0 radical (unpaired) electrons. The number of nitrogens with one attached hydrogen (secondary N) is 1. The Bertz CT molecular complexity index is 796. The lowest BCUT2D eigenvalue weighted by atomic mass is 10.1. The number of likely N-dealkylation sites (tertiary alicyclic amines) is 1. The van der Waals surface area contributed by atoms with E-state index in [1.54, 1.807) is 0 Å². The van der Waals surface area contributed by atoms with Crippen LogP contribution in [0.25, 0.3) is 0 Å². The number of nitrogens with zero attached hydrogens (tertiary/aromatic N) is 1. The minimum Gasteiger partial charge on any atom is -0.490 e. The van der Waals surface area contributed by atoms with Gasteiger partial charge in [-0.3, -0.25) is 4.90 Å². The van der Waals surface area contributed by atoms with Gasteiger partial charge in [0.25, 0.3) is 0 Å². The Morgan fingerprint density at radius 1 is 1.17 bits per heavy atom. The molecule has 2 aromatic rings. The molecule has 1 heterocycles. The number of aryl methyl sites for hydroxylation is 1. The van der Waals surface area contributed by atoms with Gasteiger partial charge in [-0.25, -0.2) is 0 Å².